The first-order valence-electron chi connectivity index (χ1n) is 39.2. The molecule has 0 aliphatic heterocycles. The van der Waals surface area contributed by atoms with Crippen LogP contribution in [0.2, 0.25) is 0 Å². The number of rotatable bonds is 16. The maximum Gasteiger partial charge on any atom is 0.126 e. The van der Waals surface area contributed by atoms with Crippen molar-refractivity contribution in [3.05, 3.63) is 423 Å². The number of methoxy groups -OCH3 is 2. The maximum atomic E-state index is 5.65. The molecule has 560 valence electrons. The fraction of sp³-hybridized carbons (Fsp3) is 0.111. The molecule has 0 N–H and O–H groups in total. The monoisotopic (exact) mass is 1480 g/mol. The van der Waals surface area contributed by atoms with Crippen molar-refractivity contribution in [3.63, 3.8) is 0 Å². The van der Waals surface area contributed by atoms with Crippen LogP contribution in [0.1, 0.15) is 49.9 Å². The van der Waals surface area contributed by atoms with Crippen LogP contribution in [0.25, 0.3) is 89.0 Å². The smallest absolute Gasteiger partial charge is 0.126 e. The van der Waals surface area contributed by atoms with Crippen molar-refractivity contribution in [2.45, 2.75) is 38.5 Å². The molecule has 2 aliphatic rings. The Morgan fingerprint density at radius 3 is 0.781 bits per heavy atom. The Morgan fingerprint density at radius 1 is 0.184 bits per heavy atom. The lowest BCUT2D eigenvalue weighted by molar-refractivity contribution is 0.416. The van der Waals surface area contributed by atoms with Gasteiger partial charge in [0.1, 0.15) is 11.5 Å². The lowest BCUT2D eigenvalue weighted by atomic mass is 9.82. The predicted octanol–water partition coefficient (Wildman–Crippen LogP) is 28.4. The van der Waals surface area contributed by atoms with Crippen LogP contribution >= 0.6 is 0 Å². The van der Waals surface area contributed by atoms with E-state index in [-0.39, 0.29) is 10.8 Å². The summed E-state index contributed by atoms with van der Waals surface area (Å²) in [4.78, 5) is 9.00. The SMILES string of the molecule is CN(c1ccc(-c2ccccc2)cc1)c1ccccc1-c1ccccc1.CN(c1ccc2c(c1)C(C)(C)c1ccccc1-2)c1ccccc1-c1ccccc1.COc1ccc(N(C)c2ccc(-c3ccccc3)cc2)cc1-c1ccccc1.COc1ccc(N(C)c2ccc3c(c2)C(C)(C)c2ccccc2-3)cc1-c1ccccc1. The Labute approximate surface area is 674 Å². The molecular weight excluding hydrogens is 1390 g/mol. The Morgan fingerprint density at radius 2 is 0.421 bits per heavy atom. The lowest BCUT2D eigenvalue weighted by Crippen LogP contribution is -2.16. The van der Waals surface area contributed by atoms with E-state index in [0.717, 1.165) is 50.8 Å². The van der Waals surface area contributed by atoms with Crippen LogP contribution in [0.4, 0.5) is 45.5 Å². The van der Waals surface area contributed by atoms with E-state index in [1.165, 1.54) is 117 Å². The molecular formula is C108H96N4O2. The predicted molar refractivity (Wildman–Crippen MR) is 485 cm³/mol. The van der Waals surface area contributed by atoms with Gasteiger partial charge in [-0.2, -0.15) is 0 Å². The number of hydrogen-bond donors (Lipinski definition) is 0. The second kappa shape index (κ2) is 33.9. The minimum Gasteiger partial charge on any atom is -0.496 e. The largest absolute Gasteiger partial charge is 0.496 e. The van der Waals surface area contributed by atoms with E-state index < -0.39 is 0 Å². The third-order valence-electron chi connectivity index (χ3n) is 22.6. The zero-order chi connectivity index (χ0) is 78.7. The van der Waals surface area contributed by atoms with E-state index in [9.17, 15) is 0 Å². The van der Waals surface area contributed by atoms with Crippen LogP contribution in [-0.4, -0.2) is 42.4 Å². The van der Waals surface area contributed by atoms with Crippen molar-refractivity contribution >= 4 is 45.5 Å². The van der Waals surface area contributed by atoms with Crippen LogP contribution in [0.15, 0.2) is 400 Å². The highest BCUT2D eigenvalue weighted by Gasteiger charge is 2.37. The van der Waals surface area contributed by atoms with Crippen molar-refractivity contribution in [2.24, 2.45) is 0 Å². The lowest BCUT2D eigenvalue weighted by Gasteiger charge is -2.26. The standard InChI is InChI=1S/C29H27NO.C28H25N.C26H23NO.C25H21N/c1-29(2)26-13-9-8-12-23(26)24-16-14-22(19-27(24)29)30(3)21-15-17-28(31-4)25(18-21)20-10-6-5-7-11-20;1-28(2)25-15-9-7-14-23(25)24-18-17-21(19-26(24)28)29(3)27-16-10-8-13-22(27)20-11-5-4-6-12-20;1-27(23-15-13-21(14-16-23)20-9-5-3-6-10-20)24-17-18-26(28-2)25(19-24)22-11-7-4-8-12-22;1-26(23-18-16-21(17-19-23)20-10-4-2-5-11-20)25-15-9-8-14-24(25)22-12-6-3-7-13-22/h5-19H,1-4H3;4-19H,1-3H3;3-19H,1-2H3;2-19H,1H3. The number of para-hydroxylation sites is 2. The van der Waals surface area contributed by atoms with E-state index in [2.05, 4.69) is 433 Å². The summed E-state index contributed by atoms with van der Waals surface area (Å²) in [5, 5.41) is 0. The average Bonchev–Trinajstić information content (AvgIpc) is 1.58. The number of fused-ring (bicyclic) bond motifs is 6. The van der Waals surface area contributed by atoms with Gasteiger partial charge in [-0.3, -0.25) is 0 Å². The molecule has 0 fully saturated rings. The topological polar surface area (TPSA) is 31.4 Å². The molecule has 6 nitrogen and oxygen atoms in total. The van der Waals surface area contributed by atoms with E-state index in [1.807, 2.05) is 42.5 Å². The number of hydrogen-bond acceptors (Lipinski definition) is 6. The van der Waals surface area contributed by atoms with Crippen molar-refractivity contribution in [1.29, 1.82) is 0 Å². The number of ether oxygens (including phenoxy) is 2. The molecule has 0 unspecified atom stereocenters. The minimum atomic E-state index is -0.00210. The quantitative estimate of drug-likeness (QED) is 0.0958. The number of nitrogens with zero attached hydrogens (tertiary/aromatic N) is 4. The third-order valence-corrected chi connectivity index (χ3v) is 22.6. The molecule has 0 radical (unpaired) electrons. The molecule has 2 aliphatic carbocycles. The van der Waals surface area contributed by atoms with Gasteiger partial charge in [-0.1, -0.05) is 331 Å². The summed E-state index contributed by atoms with van der Waals surface area (Å²) in [6.45, 7) is 9.31. The summed E-state index contributed by atoms with van der Waals surface area (Å²) < 4.78 is 11.2. The van der Waals surface area contributed by atoms with Crippen LogP contribution in [-0.2, 0) is 10.8 Å². The zero-order valence-electron chi connectivity index (χ0n) is 66.7. The van der Waals surface area contributed by atoms with Gasteiger partial charge in [-0.15, -0.1) is 0 Å². The number of anilines is 8. The summed E-state index contributed by atoms with van der Waals surface area (Å²) in [6.07, 6.45) is 0. The second-order valence-corrected chi connectivity index (χ2v) is 30.1. The van der Waals surface area contributed by atoms with Crippen LogP contribution in [0.5, 0.6) is 11.5 Å². The molecule has 0 saturated heterocycles. The van der Waals surface area contributed by atoms with E-state index in [1.54, 1.807) is 14.2 Å². The molecule has 0 heterocycles. The summed E-state index contributed by atoms with van der Waals surface area (Å²) >= 11 is 0. The molecule has 16 aromatic rings. The van der Waals surface area contributed by atoms with Gasteiger partial charge in [-0.25, -0.2) is 0 Å². The Bertz CT molecular complexity index is 5930. The molecule has 0 spiro atoms. The summed E-state index contributed by atoms with van der Waals surface area (Å²) in [7, 11) is 12.0. The highest BCUT2D eigenvalue weighted by atomic mass is 16.5. The highest BCUT2D eigenvalue weighted by molar-refractivity contribution is 5.89. The minimum absolute atomic E-state index is 0.00210. The fourth-order valence-corrected chi connectivity index (χ4v) is 16.1. The number of benzene rings is 16. The first-order valence-corrected chi connectivity index (χ1v) is 39.2. The van der Waals surface area contributed by atoms with Crippen molar-refractivity contribution < 1.29 is 9.47 Å². The fourth-order valence-electron chi connectivity index (χ4n) is 16.1. The molecule has 0 amide bonds. The molecule has 18 rings (SSSR count). The molecule has 0 aromatic heterocycles. The summed E-state index contributed by atoms with van der Waals surface area (Å²) in [5.74, 6) is 1.76. The van der Waals surface area contributed by atoms with Gasteiger partial charge in [0.05, 0.1) is 14.2 Å². The van der Waals surface area contributed by atoms with Gasteiger partial charge in [-0.05, 0) is 186 Å². The van der Waals surface area contributed by atoms with Gasteiger partial charge in [0.25, 0.3) is 0 Å². The van der Waals surface area contributed by atoms with Crippen LogP contribution in [0.3, 0.4) is 0 Å². The van der Waals surface area contributed by atoms with E-state index in [0.29, 0.717) is 0 Å². The van der Waals surface area contributed by atoms with Gasteiger partial charge in [0.15, 0.2) is 0 Å². The molecule has 6 heteroatoms. The molecule has 0 bridgehead atoms. The van der Waals surface area contributed by atoms with Gasteiger partial charge >= 0.3 is 0 Å². The molecule has 0 saturated carbocycles. The average molecular weight is 1480 g/mol. The summed E-state index contributed by atoms with van der Waals surface area (Å²) in [6, 6.07) is 141. The Hall–Kier alpha value is -13.7. The molecule has 114 heavy (non-hydrogen) atoms. The summed E-state index contributed by atoms with van der Waals surface area (Å²) in [5.41, 5.74) is 34.8. The van der Waals surface area contributed by atoms with E-state index >= 15 is 0 Å². The highest BCUT2D eigenvalue weighted by Crippen LogP contribution is 2.52. The van der Waals surface area contributed by atoms with Crippen LogP contribution < -0.4 is 29.1 Å². The van der Waals surface area contributed by atoms with Gasteiger partial charge in [0, 0.05) is 107 Å². The van der Waals surface area contributed by atoms with Gasteiger partial charge in [0.2, 0.25) is 0 Å². The first-order chi connectivity index (χ1) is 55.7. The van der Waals surface area contributed by atoms with Gasteiger partial charge < -0.3 is 29.1 Å². The van der Waals surface area contributed by atoms with Crippen molar-refractivity contribution in [3.8, 4) is 101 Å². The molecule has 0 atom stereocenters. The van der Waals surface area contributed by atoms with Crippen molar-refractivity contribution in [1.82, 2.24) is 0 Å². The Balaban J connectivity index is 0.000000120. The van der Waals surface area contributed by atoms with E-state index in [4.69, 9.17) is 9.47 Å². The third kappa shape index (κ3) is 15.9. The van der Waals surface area contributed by atoms with Crippen LogP contribution in [0, 0.1) is 0 Å². The maximum absolute atomic E-state index is 5.65. The second-order valence-electron chi connectivity index (χ2n) is 30.1. The zero-order valence-corrected chi connectivity index (χ0v) is 66.7. The van der Waals surface area contributed by atoms with Crippen molar-refractivity contribution in [2.75, 3.05) is 62.0 Å². The Kier molecular flexibility index (Phi) is 22.5. The normalized spacial score (nSPS) is 12.1. The first kappa shape index (κ1) is 75.7. The molecule has 16 aromatic carbocycles.